The number of esters is 2. The normalized spacial score (nSPS) is 32.6. The molecule has 0 radical (unpaired) electrons. The van der Waals surface area contributed by atoms with E-state index in [2.05, 4.69) is 0 Å². The molecule has 3 aromatic rings. The number of aromatic hydroxyl groups is 1. The Morgan fingerprint density at radius 1 is 0.723 bits per heavy atom. The van der Waals surface area contributed by atoms with Crippen molar-refractivity contribution >= 4 is 22.9 Å². The number of phenolic OH excluding ortho intramolecular Hbond substituents is 1. The van der Waals surface area contributed by atoms with Gasteiger partial charge in [-0.2, -0.15) is 0 Å². The molecule has 0 saturated carbocycles. The molecule has 1 aromatic heterocycles. The highest BCUT2D eigenvalue weighted by Crippen LogP contribution is 2.42. The number of hydrogen-bond acceptors (Lipinski definition) is 22. The largest absolute Gasteiger partial charge is 0.507 e. The molecule has 0 aliphatic carbocycles. The molecule has 358 valence electrons. The van der Waals surface area contributed by atoms with Gasteiger partial charge in [-0.05, 0) is 51.5 Å². The summed E-state index contributed by atoms with van der Waals surface area (Å²) >= 11 is 0. The molecule has 2 aromatic carbocycles. The zero-order valence-electron chi connectivity index (χ0n) is 36.1. The fourth-order valence-electron chi connectivity index (χ4n) is 7.64. The highest BCUT2D eigenvalue weighted by atomic mass is 16.8. The van der Waals surface area contributed by atoms with E-state index in [-0.39, 0.29) is 34.6 Å². The summed E-state index contributed by atoms with van der Waals surface area (Å²) in [6.07, 6.45) is -23.6. The van der Waals surface area contributed by atoms with Crippen molar-refractivity contribution in [3.63, 3.8) is 0 Å². The lowest BCUT2D eigenvalue weighted by Crippen LogP contribution is -2.65. The molecule has 0 amide bonds. The number of fused-ring (bicyclic) bond motifs is 1. The lowest BCUT2D eigenvalue weighted by Gasteiger charge is -2.46. The average Bonchev–Trinajstić information content (AvgIpc) is 3.26. The molecule has 0 spiro atoms. The van der Waals surface area contributed by atoms with Crippen molar-refractivity contribution in [2.45, 2.75) is 133 Å². The molecule has 6 rings (SSSR count). The summed E-state index contributed by atoms with van der Waals surface area (Å²) in [6, 6.07) is 7.13. The maximum absolute atomic E-state index is 14.9. The van der Waals surface area contributed by atoms with Gasteiger partial charge in [0.1, 0.15) is 83.2 Å². The van der Waals surface area contributed by atoms with Crippen LogP contribution >= 0.6 is 0 Å². The number of methoxy groups -OCH3 is 1. The minimum Gasteiger partial charge on any atom is -0.507 e. The number of rotatable bonds is 14. The molecule has 4 heterocycles. The molecule has 22 heteroatoms. The van der Waals surface area contributed by atoms with E-state index in [0.717, 1.165) is 25.5 Å². The van der Waals surface area contributed by atoms with E-state index in [0.29, 0.717) is 5.75 Å². The minimum atomic E-state index is -2.02. The lowest BCUT2D eigenvalue weighted by atomic mass is 9.97. The second-order valence-corrected chi connectivity index (χ2v) is 16.0. The number of aliphatic hydroxyl groups is 8. The molecule has 3 aliphatic rings. The fourth-order valence-corrected chi connectivity index (χ4v) is 7.64. The number of aliphatic hydroxyl groups excluding tert-OH is 8. The first kappa shape index (κ1) is 49.5. The van der Waals surface area contributed by atoms with E-state index in [9.17, 15) is 60.3 Å². The van der Waals surface area contributed by atoms with Gasteiger partial charge in [0.05, 0.1) is 26.4 Å². The van der Waals surface area contributed by atoms with E-state index < -0.39 is 140 Å². The SMILES string of the molecule is COc1ccc(-c2oc3c(CC=C(C)C)c(OC4OC(CO)C(O)C(O)C4O)cc(O)c3c(=O)c2OC2OC(C)C(OC(C)=O)C(OC3OC(CO)C(O)C(O)C3OC(C)=O)C2O)cc1. The molecule has 3 aliphatic heterocycles. The van der Waals surface area contributed by atoms with Crippen LogP contribution in [0.3, 0.4) is 0 Å². The lowest BCUT2D eigenvalue weighted by molar-refractivity contribution is -0.351. The molecule has 22 nitrogen and oxygen atoms in total. The minimum absolute atomic E-state index is 0.0178. The van der Waals surface area contributed by atoms with Crippen molar-refractivity contribution in [2.75, 3.05) is 20.3 Å². The Kier molecular flexibility index (Phi) is 15.8. The van der Waals surface area contributed by atoms with Gasteiger partial charge < -0.3 is 93.0 Å². The number of ether oxygens (including phenoxy) is 9. The van der Waals surface area contributed by atoms with Crippen molar-refractivity contribution in [1.82, 2.24) is 0 Å². The molecular weight excluding hydrogens is 868 g/mol. The molecule has 15 atom stereocenters. The van der Waals surface area contributed by atoms with E-state index in [1.165, 1.54) is 26.2 Å². The topological polar surface area (TPSA) is 329 Å². The summed E-state index contributed by atoms with van der Waals surface area (Å²) in [5.41, 5.74) is -0.134. The first-order valence-corrected chi connectivity index (χ1v) is 20.5. The predicted molar refractivity (Wildman–Crippen MR) is 218 cm³/mol. The summed E-state index contributed by atoms with van der Waals surface area (Å²) in [6.45, 7) is 5.50. The van der Waals surface area contributed by atoms with Gasteiger partial charge in [0.15, 0.2) is 24.3 Å². The Balaban J connectivity index is 1.48. The zero-order valence-corrected chi connectivity index (χ0v) is 36.1. The fraction of sp³-hybridized carbons (Fsp3) is 0.558. The van der Waals surface area contributed by atoms with Gasteiger partial charge in [-0.3, -0.25) is 14.4 Å². The third-order valence-electron chi connectivity index (χ3n) is 11.0. The Hall–Kier alpha value is -4.95. The number of phenols is 1. The summed E-state index contributed by atoms with van der Waals surface area (Å²) in [7, 11) is 1.43. The molecule has 15 unspecified atom stereocenters. The maximum Gasteiger partial charge on any atom is 0.303 e. The van der Waals surface area contributed by atoms with Gasteiger partial charge in [0.2, 0.25) is 23.8 Å². The number of allylic oxidation sites excluding steroid dienone is 2. The van der Waals surface area contributed by atoms with Crippen LogP contribution in [-0.4, -0.2) is 170 Å². The van der Waals surface area contributed by atoms with Crippen LogP contribution in [0.2, 0.25) is 0 Å². The van der Waals surface area contributed by atoms with Crippen LogP contribution < -0.4 is 19.6 Å². The van der Waals surface area contributed by atoms with Crippen LogP contribution in [0.25, 0.3) is 22.3 Å². The summed E-state index contributed by atoms with van der Waals surface area (Å²) < 4.78 is 58.0. The first-order valence-electron chi connectivity index (χ1n) is 20.5. The number of benzene rings is 2. The van der Waals surface area contributed by atoms with Crippen LogP contribution in [0, 0.1) is 0 Å². The van der Waals surface area contributed by atoms with Gasteiger partial charge in [0, 0.05) is 31.0 Å². The highest BCUT2D eigenvalue weighted by Gasteiger charge is 2.54. The van der Waals surface area contributed by atoms with Gasteiger partial charge in [-0.15, -0.1) is 0 Å². The highest BCUT2D eigenvalue weighted by molar-refractivity contribution is 5.91. The maximum atomic E-state index is 14.9. The van der Waals surface area contributed by atoms with Crippen molar-refractivity contribution in [2.24, 2.45) is 0 Å². The molecule has 3 saturated heterocycles. The van der Waals surface area contributed by atoms with Crippen molar-refractivity contribution in [3.8, 4) is 34.3 Å². The quantitative estimate of drug-likeness (QED) is 0.0694. The standard InChI is InChI=1S/C43H54O22/c1-16(2)7-12-22-24(60-41-33(54)31(52)28(49)25(14-44)61-41)13-23(48)27-30(51)38(36(63-37(22)27)20-8-10-21(56-6)11-9-20)64-42-34(55)39(35(17(3)57-42)58-18(4)46)65-43-40(59-19(5)47)32(53)29(50)26(15-45)62-43/h7-11,13,17,25-26,28-29,31-35,39-45,48-50,52-55H,12,14-15H2,1-6H3. The van der Waals surface area contributed by atoms with E-state index in [4.69, 9.17) is 47.0 Å². The third-order valence-corrected chi connectivity index (χ3v) is 11.0. The monoisotopic (exact) mass is 922 g/mol. The molecule has 65 heavy (non-hydrogen) atoms. The number of carbonyl (C=O) groups excluding carboxylic acids is 2. The van der Waals surface area contributed by atoms with Crippen LogP contribution in [0.1, 0.15) is 40.2 Å². The second kappa shape index (κ2) is 20.7. The molecule has 3 fully saturated rings. The van der Waals surface area contributed by atoms with Gasteiger partial charge in [-0.25, -0.2) is 0 Å². The van der Waals surface area contributed by atoms with Gasteiger partial charge in [-0.1, -0.05) is 11.6 Å². The first-order chi connectivity index (χ1) is 30.8. The van der Waals surface area contributed by atoms with Gasteiger partial charge >= 0.3 is 11.9 Å². The van der Waals surface area contributed by atoms with Gasteiger partial charge in [0.25, 0.3) is 0 Å². The van der Waals surface area contributed by atoms with E-state index in [1.807, 2.05) is 0 Å². The zero-order chi connectivity index (χ0) is 47.6. The smallest absolute Gasteiger partial charge is 0.303 e. The Bertz CT molecular complexity index is 2240. The summed E-state index contributed by atoms with van der Waals surface area (Å²) in [4.78, 5) is 39.3. The van der Waals surface area contributed by atoms with E-state index >= 15 is 0 Å². The Morgan fingerprint density at radius 2 is 1.31 bits per heavy atom. The van der Waals surface area contributed by atoms with Crippen molar-refractivity contribution < 1.29 is 103 Å². The van der Waals surface area contributed by atoms with Crippen LogP contribution in [0.4, 0.5) is 0 Å². The molecule has 9 N–H and O–H groups in total. The number of carbonyl (C=O) groups is 2. The van der Waals surface area contributed by atoms with E-state index in [1.54, 1.807) is 32.1 Å². The predicted octanol–water partition coefficient (Wildman–Crippen LogP) is -0.966. The van der Waals surface area contributed by atoms with Crippen LogP contribution in [0.15, 0.2) is 51.2 Å². The van der Waals surface area contributed by atoms with Crippen molar-refractivity contribution in [1.29, 1.82) is 0 Å². The molecular formula is C43H54O22. The Labute approximate surface area is 370 Å². The molecule has 0 bridgehead atoms. The Morgan fingerprint density at radius 3 is 1.89 bits per heavy atom. The average molecular weight is 923 g/mol. The van der Waals surface area contributed by atoms with Crippen LogP contribution in [-0.2, 0) is 44.4 Å². The third kappa shape index (κ3) is 10.4. The summed E-state index contributed by atoms with van der Waals surface area (Å²) in [5.74, 6) is -3.20. The van der Waals surface area contributed by atoms with Crippen molar-refractivity contribution in [3.05, 3.63) is 57.8 Å². The van der Waals surface area contributed by atoms with Crippen LogP contribution in [0.5, 0.6) is 23.0 Å². The number of hydrogen-bond donors (Lipinski definition) is 9. The summed E-state index contributed by atoms with van der Waals surface area (Å²) in [5, 5.41) is 95.8. The second-order valence-electron chi connectivity index (χ2n) is 16.0.